The number of carbonyl (C=O) groups excluding carboxylic acids is 2. The molecule has 0 atom stereocenters. The average Bonchev–Trinajstić information content (AvgIpc) is 2.12. The predicted molar refractivity (Wildman–Crippen MR) is 51.5 cm³/mol. The van der Waals surface area contributed by atoms with E-state index in [1.165, 1.54) is 4.90 Å². The van der Waals surface area contributed by atoms with Gasteiger partial charge in [0.1, 0.15) is 13.1 Å². The molecule has 0 aromatic rings. The number of nitrogens with one attached hydrogen (secondary N) is 1. The van der Waals surface area contributed by atoms with Gasteiger partial charge in [-0.2, -0.15) is 0 Å². The van der Waals surface area contributed by atoms with Gasteiger partial charge in [0.2, 0.25) is 11.8 Å². The van der Waals surface area contributed by atoms with Gasteiger partial charge in [-0.05, 0) is 6.42 Å². The Morgan fingerprint density at radius 2 is 2.07 bits per heavy atom. The van der Waals surface area contributed by atoms with E-state index >= 15 is 0 Å². The number of hydrogen-bond acceptors (Lipinski definition) is 3. The summed E-state index contributed by atoms with van der Waals surface area (Å²) in [6.07, 6.45) is 0.884. The summed E-state index contributed by atoms with van der Waals surface area (Å²) in [6, 6.07) is 0. The first kappa shape index (κ1) is 10.5. The zero-order chi connectivity index (χ0) is 10.6. The molecule has 0 saturated carbocycles. The molecule has 1 aliphatic rings. The van der Waals surface area contributed by atoms with E-state index in [9.17, 15) is 9.59 Å². The molecule has 1 aliphatic heterocycles. The van der Waals surface area contributed by atoms with E-state index in [-0.39, 0.29) is 30.9 Å². The van der Waals surface area contributed by atoms with Crippen LogP contribution < -0.4 is 11.1 Å². The van der Waals surface area contributed by atoms with Gasteiger partial charge in [0.25, 0.3) is 0 Å². The maximum absolute atomic E-state index is 11.0. The van der Waals surface area contributed by atoms with Crippen LogP contribution >= 0.6 is 0 Å². The molecule has 78 valence electrons. The maximum atomic E-state index is 11.0. The van der Waals surface area contributed by atoms with E-state index in [2.05, 4.69) is 10.3 Å². The number of rotatable bonds is 2. The Morgan fingerprint density at radius 3 is 2.57 bits per heavy atom. The second-order valence-corrected chi connectivity index (χ2v) is 3.07. The van der Waals surface area contributed by atoms with Gasteiger partial charge in [0.05, 0.1) is 0 Å². The molecule has 1 fully saturated rings. The molecule has 1 rings (SSSR count). The fourth-order valence-electron chi connectivity index (χ4n) is 1.13. The first-order chi connectivity index (χ1) is 6.63. The van der Waals surface area contributed by atoms with Crippen molar-refractivity contribution in [1.82, 2.24) is 10.2 Å². The number of nitrogens with two attached hydrogens (primary N) is 1. The van der Waals surface area contributed by atoms with Crippen molar-refractivity contribution < 1.29 is 9.59 Å². The number of hydrogen-bond donors (Lipinski definition) is 2. The molecule has 3 N–H and O–H groups in total. The van der Waals surface area contributed by atoms with Crippen molar-refractivity contribution in [1.29, 1.82) is 0 Å². The smallest absolute Gasteiger partial charge is 0.246 e. The van der Waals surface area contributed by atoms with Crippen LogP contribution in [-0.4, -0.2) is 42.3 Å². The minimum absolute atomic E-state index is 0.102. The Morgan fingerprint density at radius 1 is 1.50 bits per heavy atom. The van der Waals surface area contributed by atoms with Crippen LogP contribution in [-0.2, 0) is 9.59 Å². The fourth-order valence-corrected chi connectivity index (χ4v) is 1.13. The van der Waals surface area contributed by atoms with Crippen molar-refractivity contribution in [2.75, 3.05) is 19.6 Å². The first-order valence-electron chi connectivity index (χ1n) is 4.51. The highest BCUT2D eigenvalue weighted by Crippen LogP contribution is 1.94. The number of imide groups is 1. The molecular weight excluding hydrogens is 184 g/mol. The molecular formula is C8H14N4O2. The summed E-state index contributed by atoms with van der Waals surface area (Å²) in [4.78, 5) is 27.4. The Kier molecular flexibility index (Phi) is 3.44. The van der Waals surface area contributed by atoms with Gasteiger partial charge in [-0.3, -0.25) is 19.9 Å². The molecule has 6 nitrogen and oxygen atoms in total. The van der Waals surface area contributed by atoms with Crippen molar-refractivity contribution >= 4 is 17.8 Å². The highest BCUT2D eigenvalue weighted by molar-refractivity contribution is 6.02. The maximum Gasteiger partial charge on any atom is 0.246 e. The minimum Gasteiger partial charge on any atom is -0.370 e. The number of piperazine rings is 1. The number of aliphatic imine (C=N–C) groups is 1. The SMILES string of the molecule is CCCN=C(N)N1CC(=O)NC(=O)C1. The normalized spacial score (nSPS) is 18.4. The Balaban J connectivity index is 2.58. The molecule has 0 aromatic carbocycles. The monoisotopic (exact) mass is 198 g/mol. The number of carbonyl (C=O) groups is 2. The standard InChI is InChI=1S/C8H14N4O2/c1-2-3-10-8(9)12-4-6(13)11-7(14)5-12/h2-5H2,1H3,(H2,9,10)(H,11,13,14). The van der Waals surface area contributed by atoms with Gasteiger partial charge >= 0.3 is 0 Å². The lowest BCUT2D eigenvalue weighted by Crippen LogP contribution is -2.55. The fraction of sp³-hybridized carbons (Fsp3) is 0.625. The van der Waals surface area contributed by atoms with E-state index in [1.54, 1.807) is 0 Å². The molecule has 6 heteroatoms. The second kappa shape index (κ2) is 4.59. The number of nitrogens with zero attached hydrogens (tertiary/aromatic N) is 2. The van der Waals surface area contributed by atoms with Crippen LogP contribution in [0.1, 0.15) is 13.3 Å². The molecule has 0 aliphatic carbocycles. The summed E-state index contributed by atoms with van der Waals surface area (Å²) in [5.74, 6) is -0.415. The van der Waals surface area contributed by atoms with Gasteiger partial charge in [-0.15, -0.1) is 0 Å². The molecule has 1 saturated heterocycles. The lowest BCUT2D eigenvalue weighted by atomic mass is 10.3. The third-order valence-corrected chi connectivity index (χ3v) is 1.77. The lowest BCUT2D eigenvalue weighted by Gasteiger charge is -2.26. The summed E-state index contributed by atoms with van der Waals surface area (Å²) < 4.78 is 0. The predicted octanol–water partition coefficient (Wildman–Crippen LogP) is -1.33. The summed E-state index contributed by atoms with van der Waals surface area (Å²) in [5.41, 5.74) is 5.60. The van der Waals surface area contributed by atoms with Crippen molar-refractivity contribution in [2.45, 2.75) is 13.3 Å². The highest BCUT2D eigenvalue weighted by Gasteiger charge is 2.23. The average molecular weight is 198 g/mol. The molecule has 14 heavy (non-hydrogen) atoms. The van der Waals surface area contributed by atoms with Crippen LogP contribution in [0.25, 0.3) is 0 Å². The summed E-state index contributed by atoms with van der Waals surface area (Å²) in [5, 5.41) is 2.19. The third kappa shape index (κ3) is 2.72. The molecule has 0 aromatic heterocycles. The van der Waals surface area contributed by atoms with Crippen LogP contribution in [0.2, 0.25) is 0 Å². The van der Waals surface area contributed by atoms with Crippen LogP contribution in [0, 0.1) is 0 Å². The summed E-state index contributed by atoms with van der Waals surface area (Å²) >= 11 is 0. The van der Waals surface area contributed by atoms with Crippen molar-refractivity contribution in [3.05, 3.63) is 0 Å². The largest absolute Gasteiger partial charge is 0.370 e. The molecule has 2 amide bonds. The van der Waals surface area contributed by atoms with Crippen LogP contribution in [0.3, 0.4) is 0 Å². The van der Waals surface area contributed by atoms with Gasteiger partial charge in [0, 0.05) is 6.54 Å². The van der Waals surface area contributed by atoms with E-state index in [4.69, 9.17) is 5.73 Å². The zero-order valence-electron chi connectivity index (χ0n) is 8.12. The Hall–Kier alpha value is -1.59. The van der Waals surface area contributed by atoms with Crippen molar-refractivity contribution in [3.63, 3.8) is 0 Å². The van der Waals surface area contributed by atoms with Crippen LogP contribution in [0.5, 0.6) is 0 Å². The van der Waals surface area contributed by atoms with Gasteiger partial charge in [0.15, 0.2) is 5.96 Å². The van der Waals surface area contributed by atoms with Crippen LogP contribution in [0.4, 0.5) is 0 Å². The van der Waals surface area contributed by atoms with Crippen LogP contribution in [0.15, 0.2) is 4.99 Å². The third-order valence-electron chi connectivity index (χ3n) is 1.77. The number of guanidine groups is 1. The molecule has 0 unspecified atom stereocenters. The van der Waals surface area contributed by atoms with Crippen molar-refractivity contribution in [2.24, 2.45) is 10.7 Å². The molecule has 1 heterocycles. The number of amides is 2. The van der Waals surface area contributed by atoms with E-state index in [0.717, 1.165) is 6.42 Å². The lowest BCUT2D eigenvalue weighted by molar-refractivity contribution is -0.134. The molecule has 0 bridgehead atoms. The Labute approximate surface area is 82.2 Å². The zero-order valence-corrected chi connectivity index (χ0v) is 8.12. The molecule has 0 radical (unpaired) electrons. The highest BCUT2D eigenvalue weighted by atomic mass is 16.2. The van der Waals surface area contributed by atoms with E-state index in [0.29, 0.717) is 6.54 Å². The van der Waals surface area contributed by atoms with E-state index in [1.807, 2.05) is 6.92 Å². The summed E-state index contributed by atoms with van der Waals surface area (Å²) in [7, 11) is 0. The van der Waals surface area contributed by atoms with Crippen molar-refractivity contribution in [3.8, 4) is 0 Å². The second-order valence-electron chi connectivity index (χ2n) is 3.07. The quantitative estimate of drug-likeness (QED) is 0.327. The minimum atomic E-state index is -0.337. The van der Waals surface area contributed by atoms with E-state index < -0.39 is 0 Å². The Bertz CT molecular complexity index is 259. The molecule has 0 spiro atoms. The van der Waals surface area contributed by atoms with Gasteiger partial charge in [-0.25, -0.2) is 0 Å². The first-order valence-corrected chi connectivity index (χ1v) is 4.51. The topological polar surface area (TPSA) is 87.8 Å². The van der Waals surface area contributed by atoms with Gasteiger partial charge < -0.3 is 10.6 Å². The van der Waals surface area contributed by atoms with Gasteiger partial charge in [-0.1, -0.05) is 6.92 Å². The summed E-state index contributed by atoms with van der Waals surface area (Å²) in [6.45, 7) is 2.79.